The van der Waals surface area contributed by atoms with Crippen LogP contribution in [0.3, 0.4) is 0 Å². The van der Waals surface area contributed by atoms with Crippen LogP contribution in [0.4, 0.5) is 9.18 Å². The van der Waals surface area contributed by atoms with Crippen LogP contribution >= 0.6 is 0 Å². The second-order valence-electron chi connectivity index (χ2n) is 9.67. The van der Waals surface area contributed by atoms with Crippen LogP contribution in [0.2, 0.25) is 0 Å². The largest absolute Gasteiger partial charge is 0.547 e. The molecule has 2 aliphatic rings. The van der Waals surface area contributed by atoms with E-state index in [1.54, 1.807) is 13.0 Å². The van der Waals surface area contributed by atoms with Crippen LogP contribution in [-0.4, -0.2) is 93.5 Å². The molecule has 2 aromatic carbocycles. The molecule has 0 aromatic heterocycles. The summed E-state index contributed by atoms with van der Waals surface area (Å²) >= 11 is 0. The number of phenolic OH excluding ortho intramolecular Hbond substituents is 1. The molecule has 13 nitrogen and oxygen atoms in total. The number of nitrogens with zero attached hydrogens (tertiary/aromatic N) is 2. The number of amides is 5. The summed E-state index contributed by atoms with van der Waals surface area (Å²) < 4.78 is 19.4. The zero-order valence-electron chi connectivity index (χ0n) is 22.0. The average molecular weight is 570 g/mol. The number of carbonyl (C=O) groups excluding carboxylic acids is 4. The number of hydrogen-bond acceptors (Lipinski definition) is 8. The highest BCUT2D eigenvalue weighted by Crippen LogP contribution is 2.30. The standard InChI is InChI=1S/C26H28BFN4O9/c1-2-31-8-9-32(24(36)23(31)35)26(39)29-16(10-14-6-7-19(33)18(28)11-14)13-21(34)30-20-12-15-4-3-5-17(25(37)38)22(15)41-27(20)40/h3-7,11,16,20,33,40H,2,8-10,12-13H2,1H3,(H,29,39)(H,30,34)(H,37,38)/t16?,20-/m0/s1. The van der Waals surface area contributed by atoms with Gasteiger partial charge in [0.15, 0.2) is 11.6 Å². The quantitative estimate of drug-likeness (QED) is 0.216. The van der Waals surface area contributed by atoms with Crippen molar-refractivity contribution >= 4 is 36.8 Å². The van der Waals surface area contributed by atoms with Crippen molar-refractivity contribution in [2.45, 2.75) is 38.2 Å². The molecule has 216 valence electrons. The minimum atomic E-state index is -1.57. The lowest BCUT2D eigenvalue weighted by Gasteiger charge is -2.33. The fraction of sp³-hybridized carbons (Fsp3) is 0.346. The Kier molecular flexibility index (Phi) is 8.76. The molecule has 2 heterocycles. The average Bonchev–Trinajstić information content (AvgIpc) is 2.92. The molecule has 0 spiro atoms. The number of carbonyl (C=O) groups is 5. The van der Waals surface area contributed by atoms with Crippen LogP contribution in [0.25, 0.3) is 0 Å². The van der Waals surface area contributed by atoms with E-state index in [4.69, 9.17) is 4.65 Å². The smallest absolute Gasteiger partial charge is 0.534 e. The van der Waals surface area contributed by atoms with E-state index in [-0.39, 0.29) is 43.7 Å². The summed E-state index contributed by atoms with van der Waals surface area (Å²) in [7, 11) is -1.57. The van der Waals surface area contributed by atoms with Crippen molar-refractivity contribution < 1.29 is 48.3 Å². The molecule has 1 saturated heterocycles. The predicted octanol–water partition coefficient (Wildman–Crippen LogP) is 0.0706. The number of carboxylic acids is 1. The van der Waals surface area contributed by atoms with E-state index in [9.17, 15) is 43.6 Å². The van der Waals surface area contributed by atoms with Gasteiger partial charge >= 0.3 is 30.9 Å². The van der Waals surface area contributed by atoms with E-state index >= 15 is 0 Å². The number of aromatic carboxylic acids is 1. The SMILES string of the molecule is CCN1CCN(C(=O)NC(CC(=O)N[C@H]2Cc3cccc(C(=O)O)c3OB2O)Cc2ccc(O)c(F)c2)C(=O)C1=O. The monoisotopic (exact) mass is 570 g/mol. The Morgan fingerprint density at radius 3 is 2.61 bits per heavy atom. The third-order valence-electron chi connectivity index (χ3n) is 6.89. The van der Waals surface area contributed by atoms with Crippen molar-refractivity contribution in [1.29, 1.82) is 0 Å². The Balaban J connectivity index is 1.48. The molecule has 5 N–H and O–H groups in total. The van der Waals surface area contributed by atoms with Crippen LogP contribution < -0.4 is 15.3 Å². The molecular formula is C26H28BFN4O9. The summed E-state index contributed by atoms with van der Waals surface area (Å²) in [4.78, 5) is 64.3. The Labute approximate surface area is 234 Å². The number of urea groups is 1. The van der Waals surface area contributed by atoms with E-state index in [1.807, 2.05) is 0 Å². The van der Waals surface area contributed by atoms with Crippen molar-refractivity contribution in [1.82, 2.24) is 20.4 Å². The molecule has 0 radical (unpaired) electrons. The molecule has 4 rings (SSSR count). The molecule has 0 saturated carbocycles. The molecule has 2 atom stereocenters. The molecule has 2 aromatic rings. The maximum atomic E-state index is 14.0. The molecular weight excluding hydrogens is 542 g/mol. The van der Waals surface area contributed by atoms with Crippen molar-refractivity contribution in [3.05, 3.63) is 58.9 Å². The van der Waals surface area contributed by atoms with Gasteiger partial charge in [-0.1, -0.05) is 18.2 Å². The van der Waals surface area contributed by atoms with Gasteiger partial charge in [0.05, 0.1) is 11.5 Å². The van der Waals surface area contributed by atoms with Gasteiger partial charge in [0.25, 0.3) is 0 Å². The first-order valence-corrected chi connectivity index (χ1v) is 12.9. The summed E-state index contributed by atoms with van der Waals surface area (Å²) in [6.45, 7) is 2.09. The van der Waals surface area contributed by atoms with Crippen molar-refractivity contribution in [3.63, 3.8) is 0 Å². The summed E-state index contributed by atoms with van der Waals surface area (Å²) in [6.07, 6.45) is -0.402. The third-order valence-corrected chi connectivity index (χ3v) is 6.89. The summed E-state index contributed by atoms with van der Waals surface area (Å²) in [5, 5.41) is 34.5. The Morgan fingerprint density at radius 1 is 1.17 bits per heavy atom. The number of para-hydroxylation sites is 1. The minimum absolute atomic E-state index is 0.000111. The van der Waals surface area contributed by atoms with Gasteiger partial charge in [-0.15, -0.1) is 0 Å². The van der Waals surface area contributed by atoms with Crippen molar-refractivity contribution in [3.8, 4) is 11.5 Å². The zero-order chi connectivity index (χ0) is 29.8. The number of benzene rings is 2. The number of likely N-dealkylation sites (N-methyl/N-ethyl adjacent to an activating group) is 1. The minimum Gasteiger partial charge on any atom is -0.534 e. The maximum Gasteiger partial charge on any atom is 0.547 e. The number of phenols is 1. The van der Waals surface area contributed by atoms with Crippen LogP contribution in [0.5, 0.6) is 11.5 Å². The summed E-state index contributed by atoms with van der Waals surface area (Å²) in [5.74, 6) is -6.17. The molecule has 0 bridgehead atoms. The first kappa shape index (κ1) is 29.3. The van der Waals surface area contributed by atoms with Gasteiger partial charge in [-0.3, -0.25) is 19.3 Å². The van der Waals surface area contributed by atoms with Gasteiger partial charge in [-0.2, -0.15) is 0 Å². The van der Waals surface area contributed by atoms with Gasteiger partial charge in [0, 0.05) is 32.1 Å². The van der Waals surface area contributed by atoms with Crippen molar-refractivity contribution in [2.75, 3.05) is 19.6 Å². The van der Waals surface area contributed by atoms with E-state index in [0.717, 1.165) is 17.0 Å². The Hall–Kier alpha value is -4.66. The second-order valence-corrected chi connectivity index (χ2v) is 9.67. The Morgan fingerprint density at radius 2 is 1.93 bits per heavy atom. The van der Waals surface area contributed by atoms with Gasteiger partial charge in [-0.05, 0) is 49.1 Å². The van der Waals surface area contributed by atoms with E-state index in [2.05, 4.69) is 10.6 Å². The molecule has 2 aliphatic heterocycles. The first-order valence-electron chi connectivity index (χ1n) is 12.9. The molecule has 15 heteroatoms. The van der Waals surface area contributed by atoms with Gasteiger partial charge in [0.2, 0.25) is 5.91 Å². The third kappa shape index (κ3) is 6.57. The molecule has 41 heavy (non-hydrogen) atoms. The second kappa shape index (κ2) is 12.2. The zero-order valence-corrected chi connectivity index (χ0v) is 22.0. The normalized spacial score (nSPS) is 17.4. The number of halogens is 1. The summed E-state index contributed by atoms with van der Waals surface area (Å²) in [6, 6.07) is 6.10. The predicted molar refractivity (Wildman–Crippen MR) is 140 cm³/mol. The fourth-order valence-electron chi connectivity index (χ4n) is 4.76. The lowest BCUT2D eigenvalue weighted by molar-refractivity contribution is -0.153. The highest BCUT2D eigenvalue weighted by atomic mass is 19.1. The lowest BCUT2D eigenvalue weighted by Crippen LogP contribution is -2.59. The molecule has 1 unspecified atom stereocenters. The molecule has 5 amide bonds. The van der Waals surface area contributed by atoms with E-state index in [0.29, 0.717) is 17.7 Å². The number of piperazine rings is 1. The fourth-order valence-corrected chi connectivity index (χ4v) is 4.76. The molecule has 0 aliphatic carbocycles. The van der Waals surface area contributed by atoms with Crippen LogP contribution in [0, 0.1) is 5.82 Å². The van der Waals surface area contributed by atoms with Gasteiger partial charge in [0.1, 0.15) is 5.75 Å². The highest BCUT2D eigenvalue weighted by molar-refractivity contribution is 6.47. The van der Waals surface area contributed by atoms with Gasteiger partial charge < -0.3 is 35.4 Å². The summed E-state index contributed by atoms with van der Waals surface area (Å²) in [5.41, 5.74) is 0.648. The van der Waals surface area contributed by atoms with Crippen LogP contribution in [0.15, 0.2) is 36.4 Å². The maximum absolute atomic E-state index is 14.0. The first-order chi connectivity index (χ1) is 19.5. The highest BCUT2D eigenvalue weighted by Gasteiger charge is 2.39. The molecule has 1 fully saturated rings. The van der Waals surface area contributed by atoms with E-state index < -0.39 is 60.4 Å². The Bertz CT molecular complexity index is 1390. The van der Waals surface area contributed by atoms with Gasteiger partial charge in [-0.25, -0.2) is 14.0 Å². The number of carboxylic acid groups (broad SMARTS) is 1. The number of fused-ring (bicyclic) bond motifs is 1. The number of nitrogens with one attached hydrogen (secondary N) is 2. The number of rotatable bonds is 8. The van der Waals surface area contributed by atoms with Crippen molar-refractivity contribution in [2.24, 2.45) is 0 Å². The van der Waals surface area contributed by atoms with E-state index in [1.165, 1.54) is 23.1 Å². The topological polar surface area (TPSA) is 186 Å². The van der Waals surface area contributed by atoms with Crippen LogP contribution in [0.1, 0.15) is 34.8 Å². The lowest BCUT2D eigenvalue weighted by atomic mass is 9.72. The number of imide groups is 1. The number of hydrogen-bond donors (Lipinski definition) is 5. The number of aromatic hydroxyl groups is 1. The van der Waals surface area contributed by atoms with Crippen LogP contribution in [-0.2, 0) is 27.2 Å².